The van der Waals surface area contributed by atoms with Crippen molar-refractivity contribution in [3.63, 3.8) is 0 Å². The molecular weight excluding hydrogens is 762 g/mol. The summed E-state index contributed by atoms with van der Waals surface area (Å²) in [6, 6.07) is 24.7. The summed E-state index contributed by atoms with van der Waals surface area (Å²) in [6.07, 6.45) is 3.33. The van der Waals surface area contributed by atoms with Crippen LogP contribution < -0.4 is 9.47 Å². The number of aromatic nitrogens is 3. The Morgan fingerprint density at radius 3 is 2.70 bits per heavy atom. The van der Waals surface area contributed by atoms with Crippen LogP contribution in [0, 0.1) is 6.92 Å². The van der Waals surface area contributed by atoms with Crippen molar-refractivity contribution in [3.8, 4) is 22.6 Å². The quantitative estimate of drug-likeness (QED) is 0.0571. The van der Waals surface area contributed by atoms with E-state index in [1.54, 1.807) is 18.9 Å². The molecule has 0 N–H and O–H groups in total. The first kappa shape index (κ1) is 39.3. The van der Waals surface area contributed by atoms with Crippen molar-refractivity contribution in [3.05, 3.63) is 106 Å². The molecule has 0 aliphatic carbocycles. The third-order valence-electron chi connectivity index (χ3n) is 10.6. The molecule has 1 atom stereocenters. The smallest absolute Gasteiger partial charge is 0.355 e. The lowest BCUT2D eigenvalue weighted by molar-refractivity contribution is -0.169. The third kappa shape index (κ3) is 8.40. The van der Waals surface area contributed by atoms with Gasteiger partial charge in [-0.25, -0.2) is 4.79 Å². The van der Waals surface area contributed by atoms with Gasteiger partial charge in [-0.15, -0.1) is 11.8 Å². The van der Waals surface area contributed by atoms with Gasteiger partial charge in [0.05, 0.1) is 58.1 Å². The molecule has 57 heavy (non-hydrogen) atoms. The minimum absolute atomic E-state index is 0.259. The van der Waals surface area contributed by atoms with Crippen LogP contribution in [-0.2, 0) is 51.0 Å². The van der Waals surface area contributed by atoms with Crippen LogP contribution in [-0.4, -0.2) is 60.1 Å². The number of carbonyl (C=O) groups excluding carboxylic acids is 1. The monoisotopic (exact) mass is 809 g/mol. The number of rotatable bonds is 15. The van der Waals surface area contributed by atoms with Crippen molar-refractivity contribution in [2.45, 2.75) is 82.8 Å². The summed E-state index contributed by atoms with van der Waals surface area (Å²) in [7, 11) is 1.68. The highest BCUT2D eigenvalue weighted by molar-refractivity contribution is 7.98. The molecule has 2 aliphatic heterocycles. The molecule has 6 aromatic rings. The number of thioether (sulfide) groups is 1. The van der Waals surface area contributed by atoms with Crippen molar-refractivity contribution in [2.75, 3.05) is 33.5 Å². The number of benzene rings is 4. The summed E-state index contributed by atoms with van der Waals surface area (Å²) < 4.78 is 39.7. The summed E-state index contributed by atoms with van der Waals surface area (Å²) in [5.74, 6) is 2.13. The van der Waals surface area contributed by atoms with Gasteiger partial charge in [0.2, 0.25) is 0 Å². The molecule has 0 radical (unpaired) electrons. The normalized spacial score (nSPS) is 15.5. The van der Waals surface area contributed by atoms with E-state index in [1.807, 2.05) is 48.9 Å². The molecule has 1 saturated heterocycles. The van der Waals surface area contributed by atoms with Crippen molar-refractivity contribution < 1.29 is 33.2 Å². The molecule has 12 heteroatoms. The van der Waals surface area contributed by atoms with E-state index < -0.39 is 0 Å². The number of hydrogen-bond donors (Lipinski definition) is 0. The van der Waals surface area contributed by atoms with Gasteiger partial charge in [-0.3, -0.25) is 4.68 Å². The lowest BCUT2D eigenvalue weighted by Gasteiger charge is -2.22. The van der Waals surface area contributed by atoms with Crippen molar-refractivity contribution in [1.29, 1.82) is 0 Å². The van der Waals surface area contributed by atoms with Gasteiger partial charge in [0.1, 0.15) is 17.2 Å². The molecule has 0 spiro atoms. The number of halogens is 1. The highest BCUT2D eigenvalue weighted by Gasteiger charge is 2.30. The summed E-state index contributed by atoms with van der Waals surface area (Å²) in [5, 5.41) is 8.64. The minimum atomic E-state index is -0.375. The molecule has 2 aromatic heterocycles. The summed E-state index contributed by atoms with van der Waals surface area (Å²) in [6.45, 7) is 7.58. The Labute approximate surface area is 342 Å². The standard InChI is InChI=1S/C45H48ClN3O7S/c1-4-53-45(50)44-29(2)41-37(18-17-35(46)42(41)43-36(26-56-40-12-7-8-21-55-40)47-49-20-23-52-27-38(43)49)48(44)19-9-22-54-39-25-33(24-31-10-5-6-11-34(31)39)57-28-30-13-15-32(51-3)16-14-30/h5-6,10-11,13-18,24-25,40H,4,7-9,12,19-23,26-28H2,1-3H3. The van der Waals surface area contributed by atoms with Crippen molar-refractivity contribution in [2.24, 2.45) is 0 Å². The van der Waals surface area contributed by atoms with Crippen molar-refractivity contribution >= 4 is 51.0 Å². The molecule has 10 nitrogen and oxygen atoms in total. The fourth-order valence-corrected chi connectivity index (χ4v) is 9.08. The number of hydrogen-bond acceptors (Lipinski definition) is 9. The maximum Gasteiger partial charge on any atom is 0.355 e. The summed E-state index contributed by atoms with van der Waals surface area (Å²) in [5.41, 5.74) is 6.82. The number of aryl methyl sites for hydroxylation is 2. The molecular formula is C45H48ClN3O7S. The van der Waals surface area contributed by atoms with Gasteiger partial charge in [-0.1, -0.05) is 48.0 Å². The molecule has 4 aromatic carbocycles. The van der Waals surface area contributed by atoms with E-state index in [4.69, 9.17) is 45.1 Å². The Bertz CT molecular complexity index is 2370. The second-order valence-corrected chi connectivity index (χ2v) is 15.8. The molecule has 4 heterocycles. The van der Waals surface area contributed by atoms with E-state index in [1.165, 1.54) is 5.56 Å². The summed E-state index contributed by atoms with van der Waals surface area (Å²) >= 11 is 8.93. The Morgan fingerprint density at radius 2 is 1.89 bits per heavy atom. The first-order chi connectivity index (χ1) is 27.9. The van der Waals surface area contributed by atoms with E-state index in [0.29, 0.717) is 56.7 Å². The zero-order valence-electron chi connectivity index (χ0n) is 32.7. The Kier molecular flexibility index (Phi) is 12.4. The van der Waals surface area contributed by atoms with Crippen LogP contribution in [0.25, 0.3) is 32.8 Å². The van der Waals surface area contributed by atoms with Gasteiger partial charge in [-0.2, -0.15) is 5.10 Å². The zero-order valence-corrected chi connectivity index (χ0v) is 34.3. The van der Waals surface area contributed by atoms with Crippen LogP contribution in [0.2, 0.25) is 5.02 Å². The molecule has 0 amide bonds. The predicted octanol–water partition coefficient (Wildman–Crippen LogP) is 10.1. The highest BCUT2D eigenvalue weighted by atomic mass is 35.5. The molecule has 1 unspecified atom stereocenters. The number of nitrogens with zero attached hydrogens (tertiary/aromatic N) is 3. The first-order valence-electron chi connectivity index (χ1n) is 19.7. The van der Waals surface area contributed by atoms with Gasteiger partial charge in [-0.05, 0) is 92.4 Å². The molecule has 8 rings (SSSR count). The SMILES string of the molecule is CCOC(=O)c1c(C)c2c(-c3c(COC4CCCCO4)nn4c3COCC4)c(Cl)ccc2n1CCCOc1cc(SCc2ccc(OC)cc2)cc2ccccc12. The second-order valence-electron chi connectivity index (χ2n) is 14.3. The predicted molar refractivity (Wildman–Crippen MR) is 224 cm³/mol. The van der Waals surface area contributed by atoms with Gasteiger partial charge in [0.25, 0.3) is 0 Å². The lowest BCUT2D eigenvalue weighted by atomic mass is 9.96. The maximum atomic E-state index is 13.8. The second kappa shape index (κ2) is 18.0. The van der Waals surface area contributed by atoms with Gasteiger partial charge < -0.3 is 33.0 Å². The lowest BCUT2D eigenvalue weighted by Crippen LogP contribution is -2.22. The van der Waals surface area contributed by atoms with Crippen LogP contribution >= 0.6 is 23.4 Å². The maximum absolute atomic E-state index is 13.8. The number of carbonyl (C=O) groups is 1. The Balaban J connectivity index is 1.09. The average Bonchev–Trinajstić information content (AvgIpc) is 3.75. The Hall–Kier alpha value is -4.52. The third-order valence-corrected chi connectivity index (χ3v) is 12.0. The Morgan fingerprint density at radius 1 is 1.04 bits per heavy atom. The molecule has 0 bridgehead atoms. The largest absolute Gasteiger partial charge is 0.497 e. The van der Waals surface area contributed by atoms with E-state index >= 15 is 0 Å². The number of methoxy groups -OCH3 is 1. The van der Waals surface area contributed by atoms with Crippen LogP contribution in [0.1, 0.15) is 65.6 Å². The highest BCUT2D eigenvalue weighted by Crippen LogP contribution is 2.44. The zero-order chi connectivity index (χ0) is 39.3. The van der Waals surface area contributed by atoms with Crippen LogP contribution in [0.15, 0.2) is 77.7 Å². The summed E-state index contributed by atoms with van der Waals surface area (Å²) in [4.78, 5) is 14.9. The van der Waals surface area contributed by atoms with E-state index in [0.717, 1.165) is 91.2 Å². The molecule has 298 valence electrons. The van der Waals surface area contributed by atoms with E-state index in [-0.39, 0.29) is 25.5 Å². The van der Waals surface area contributed by atoms with Gasteiger partial charge in [0.15, 0.2) is 6.29 Å². The fraction of sp³-hybridized carbons (Fsp3) is 0.378. The van der Waals surface area contributed by atoms with Crippen LogP contribution in [0.3, 0.4) is 0 Å². The van der Waals surface area contributed by atoms with Gasteiger partial charge in [0, 0.05) is 56.2 Å². The topological polar surface area (TPSA) is 95.2 Å². The average molecular weight is 810 g/mol. The molecule has 0 saturated carbocycles. The minimum Gasteiger partial charge on any atom is -0.497 e. The van der Waals surface area contributed by atoms with E-state index in [2.05, 4.69) is 47.0 Å². The van der Waals surface area contributed by atoms with Crippen LogP contribution in [0.4, 0.5) is 0 Å². The molecule has 1 fully saturated rings. The van der Waals surface area contributed by atoms with Gasteiger partial charge >= 0.3 is 5.97 Å². The first-order valence-corrected chi connectivity index (χ1v) is 21.1. The fourth-order valence-electron chi connectivity index (χ4n) is 7.90. The van der Waals surface area contributed by atoms with Crippen LogP contribution in [0.5, 0.6) is 11.5 Å². The van der Waals surface area contributed by atoms with Crippen molar-refractivity contribution in [1.82, 2.24) is 14.3 Å². The number of ether oxygens (including phenoxy) is 6. The number of esters is 1. The molecule has 2 aliphatic rings. The number of fused-ring (bicyclic) bond motifs is 3. The van der Waals surface area contributed by atoms with E-state index in [9.17, 15) is 4.79 Å².